The molecular formula is C16H18ClN5O. The van der Waals surface area contributed by atoms with E-state index < -0.39 is 0 Å². The second-order valence-electron chi connectivity index (χ2n) is 5.31. The van der Waals surface area contributed by atoms with Crippen LogP contribution in [-0.2, 0) is 6.42 Å². The number of nitrogens with one attached hydrogen (secondary N) is 3. The minimum absolute atomic E-state index is 0. The molecule has 1 aromatic carbocycles. The highest BCUT2D eigenvalue weighted by atomic mass is 35.5. The summed E-state index contributed by atoms with van der Waals surface area (Å²) in [6.45, 7) is 0. The van der Waals surface area contributed by atoms with Gasteiger partial charge in [0.2, 0.25) is 11.5 Å². The Morgan fingerprint density at radius 3 is 2.65 bits per heavy atom. The van der Waals surface area contributed by atoms with Crippen LogP contribution in [0.15, 0.2) is 52.4 Å². The Morgan fingerprint density at radius 1 is 1.22 bits per heavy atom. The molecule has 1 heterocycles. The fourth-order valence-corrected chi connectivity index (χ4v) is 2.81. The molecule has 0 radical (unpaired) electrons. The number of aromatic nitrogens is 1. The largest absolute Gasteiger partial charge is 0.369 e. The molecule has 2 aromatic rings. The first-order valence-corrected chi connectivity index (χ1v) is 7.07. The molecule has 5 N–H and O–H groups in total. The van der Waals surface area contributed by atoms with Crippen LogP contribution in [-0.4, -0.2) is 16.7 Å². The lowest BCUT2D eigenvalue weighted by Crippen LogP contribution is -2.30. The average molecular weight is 332 g/mol. The summed E-state index contributed by atoms with van der Waals surface area (Å²) in [4.78, 5) is 14.5. The molecule has 23 heavy (non-hydrogen) atoms. The number of hydrogen-bond donors (Lipinski definition) is 4. The van der Waals surface area contributed by atoms with E-state index in [9.17, 15) is 4.79 Å². The minimum Gasteiger partial charge on any atom is -0.369 e. The first kappa shape index (κ1) is 16.8. The Balaban J connectivity index is 0.00000192. The third-order valence-electron chi connectivity index (χ3n) is 3.78. The number of fused-ring (bicyclic) bond motifs is 1. The van der Waals surface area contributed by atoms with E-state index in [-0.39, 0.29) is 29.8 Å². The van der Waals surface area contributed by atoms with Crippen molar-refractivity contribution in [2.75, 3.05) is 0 Å². The lowest BCUT2D eigenvalue weighted by molar-refractivity contribution is 0.674. The van der Waals surface area contributed by atoms with Crippen LogP contribution < -0.4 is 16.7 Å². The molecule has 0 saturated carbocycles. The number of hydrogen-bond acceptors (Lipinski definition) is 3. The van der Waals surface area contributed by atoms with Crippen LogP contribution in [0.5, 0.6) is 0 Å². The second kappa shape index (κ2) is 7.11. The van der Waals surface area contributed by atoms with Crippen molar-refractivity contribution in [2.45, 2.75) is 18.8 Å². The zero-order valence-corrected chi connectivity index (χ0v) is 13.2. The van der Waals surface area contributed by atoms with Crippen molar-refractivity contribution in [2.24, 2.45) is 10.8 Å². The summed E-state index contributed by atoms with van der Waals surface area (Å²) in [6, 6.07) is 13.4. The van der Waals surface area contributed by atoms with Crippen LogP contribution in [0.1, 0.15) is 29.2 Å². The maximum atomic E-state index is 11.6. The topological polar surface area (TPSA) is 107 Å². The third-order valence-corrected chi connectivity index (χ3v) is 3.78. The van der Waals surface area contributed by atoms with Crippen LogP contribution in [0, 0.1) is 5.41 Å². The lowest BCUT2D eigenvalue weighted by atomic mass is 9.81. The Morgan fingerprint density at radius 2 is 1.96 bits per heavy atom. The number of nitrogens with two attached hydrogens (primary N) is 1. The molecule has 0 spiro atoms. The van der Waals surface area contributed by atoms with Crippen LogP contribution in [0.4, 0.5) is 0 Å². The normalized spacial score (nSPS) is 17.9. The van der Waals surface area contributed by atoms with Crippen molar-refractivity contribution >= 4 is 24.1 Å². The van der Waals surface area contributed by atoms with E-state index in [2.05, 4.69) is 27.6 Å². The Hall–Kier alpha value is -2.60. The second-order valence-corrected chi connectivity index (χ2v) is 5.31. The van der Waals surface area contributed by atoms with E-state index in [1.807, 2.05) is 18.2 Å². The quantitative estimate of drug-likeness (QED) is 0.382. The fourth-order valence-electron chi connectivity index (χ4n) is 2.81. The number of guanidine groups is 1. The summed E-state index contributed by atoms with van der Waals surface area (Å²) in [5, 5.41) is 11.5. The van der Waals surface area contributed by atoms with Crippen molar-refractivity contribution in [3.63, 3.8) is 0 Å². The predicted octanol–water partition coefficient (Wildman–Crippen LogP) is 1.71. The third kappa shape index (κ3) is 3.78. The molecule has 3 rings (SSSR count). The zero-order valence-electron chi connectivity index (χ0n) is 12.4. The monoisotopic (exact) mass is 331 g/mol. The molecule has 1 atom stereocenters. The van der Waals surface area contributed by atoms with Gasteiger partial charge < -0.3 is 10.7 Å². The highest BCUT2D eigenvalue weighted by Crippen LogP contribution is 2.31. The van der Waals surface area contributed by atoms with Gasteiger partial charge in [0, 0.05) is 17.3 Å². The molecule has 0 aliphatic heterocycles. The smallest absolute Gasteiger partial charge is 0.248 e. The Bertz CT molecular complexity index is 785. The molecule has 120 valence electrons. The molecule has 7 heteroatoms. The van der Waals surface area contributed by atoms with Gasteiger partial charge in [-0.1, -0.05) is 30.3 Å². The average Bonchev–Trinajstić information content (AvgIpc) is 2.52. The molecule has 1 unspecified atom stereocenters. The number of halogens is 1. The van der Waals surface area contributed by atoms with E-state index in [1.54, 1.807) is 6.07 Å². The van der Waals surface area contributed by atoms with Gasteiger partial charge in [-0.05, 0) is 30.4 Å². The van der Waals surface area contributed by atoms with E-state index in [0.29, 0.717) is 0 Å². The summed E-state index contributed by atoms with van der Waals surface area (Å²) in [6.07, 6.45) is 1.48. The lowest BCUT2D eigenvalue weighted by Gasteiger charge is -2.25. The van der Waals surface area contributed by atoms with Crippen molar-refractivity contribution in [1.82, 2.24) is 10.4 Å². The maximum absolute atomic E-state index is 11.6. The van der Waals surface area contributed by atoms with E-state index in [1.165, 1.54) is 11.6 Å². The van der Waals surface area contributed by atoms with E-state index in [0.717, 1.165) is 29.8 Å². The SMILES string of the molecule is Cl.N=C(N)NN=C1CC(c2ccccc2)Cc2[nH]c(=O)ccc21. The Kier molecular flexibility index (Phi) is 5.18. The number of H-pyrrole nitrogens is 1. The van der Waals surface area contributed by atoms with Gasteiger partial charge in [0.1, 0.15) is 0 Å². The maximum Gasteiger partial charge on any atom is 0.248 e. The van der Waals surface area contributed by atoms with Crippen molar-refractivity contribution in [1.29, 1.82) is 5.41 Å². The molecule has 6 nitrogen and oxygen atoms in total. The van der Waals surface area contributed by atoms with Gasteiger partial charge in [-0.15, -0.1) is 12.4 Å². The van der Waals surface area contributed by atoms with Crippen molar-refractivity contribution < 1.29 is 0 Å². The predicted molar refractivity (Wildman–Crippen MR) is 93.4 cm³/mol. The number of benzene rings is 1. The molecule has 1 aliphatic carbocycles. The summed E-state index contributed by atoms with van der Waals surface area (Å²) in [5.41, 5.74) is 11.5. The number of rotatable bonds is 2. The summed E-state index contributed by atoms with van der Waals surface area (Å²) >= 11 is 0. The van der Waals surface area contributed by atoms with Crippen LogP contribution >= 0.6 is 12.4 Å². The molecule has 0 amide bonds. The van der Waals surface area contributed by atoms with E-state index >= 15 is 0 Å². The Labute approximate surface area is 139 Å². The molecule has 0 bridgehead atoms. The fraction of sp³-hybridized carbons (Fsp3) is 0.188. The van der Waals surface area contributed by atoms with Crippen LogP contribution in [0.2, 0.25) is 0 Å². The standard InChI is InChI=1S/C16H17N5O.ClH/c17-16(18)21-20-14-9-11(10-4-2-1-3-5-10)8-13-12(14)6-7-15(22)19-13;/h1-7,11H,8-9H2,(H,19,22)(H4,17,18,21);1H. The molecule has 0 fully saturated rings. The first-order chi connectivity index (χ1) is 10.6. The molecule has 0 saturated heterocycles. The highest BCUT2D eigenvalue weighted by Gasteiger charge is 2.25. The van der Waals surface area contributed by atoms with Gasteiger partial charge in [-0.3, -0.25) is 10.2 Å². The molecule has 1 aliphatic rings. The zero-order chi connectivity index (χ0) is 15.5. The minimum atomic E-state index is -0.208. The van der Waals surface area contributed by atoms with Crippen molar-refractivity contribution in [3.8, 4) is 0 Å². The summed E-state index contributed by atoms with van der Waals surface area (Å²) in [5.74, 6) is 0.0274. The van der Waals surface area contributed by atoms with E-state index in [4.69, 9.17) is 11.1 Å². The summed E-state index contributed by atoms with van der Waals surface area (Å²) in [7, 11) is 0. The number of aromatic amines is 1. The van der Waals surface area contributed by atoms with Gasteiger partial charge in [0.15, 0.2) is 0 Å². The summed E-state index contributed by atoms with van der Waals surface area (Å²) < 4.78 is 0. The molecular weight excluding hydrogens is 314 g/mol. The first-order valence-electron chi connectivity index (χ1n) is 7.07. The number of pyridine rings is 1. The van der Waals surface area contributed by atoms with Crippen LogP contribution in [0.3, 0.4) is 0 Å². The van der Waals surface area contributed by atoms with Crippen LogP contribution in [0.25, 0.3) is 0 Å². The molecule has 1 aromatic heterocycles. The number of nitrogens with zero attached hydrogens (tertiary/aromatic N) is 1. The van der Waals surface area contributed by atoms with Gasteiger partial charge >= 0.3 is 0 Å². The van der Waals surface area contributed by atoms with Gasteiger partial charge in [-0.2, -0.15) is 5.10 Å². The number of hydrazone groups is 1. The highest BCUT2D eigenvalue weighted by molar-refractivity contribution is 6.03. The van der Waals surface area contributed by atoms with Gasteiger partial charge in [0.05, 0.1) is 5.71 Å². The van der Waals surface area contributed by atoms with Gasteiger partial charge in [-0.25, -0.2) is 5.43 Å². The van der Waals surface area contributed by atoms with Gasteiger partial charge in [0.25, 0.3) is 0 Å². The van der Waals surface area contributed by atoms with Crippen molar-refractivity contribution in [3.05, 3.63) is 69.6 Å².